The molecular weight excluding hydrogens is 268 g/mol. The molecule has 0 saturated carbocycles. The first-order valence-corrected chi connectivity index (χ1v) is 7.63. The van der Waals surface area contributed by atoms with Crippen LogP contribution in [0, 0.1) is 13.8 Å². The Morgan fingerprint density at radius 1 is 0.909 bits per heavy atom. The minimum Gasteiger partial charge on any atom is -0.399 e. The van der Waals surface area contributed by atoms with Gasteiger partial charge in [0.15, 0.2) is 0 Å². The van der Waals surface area contributed by atoms with Gasteiger partial charge in [-0.3, -0.25) is 0 Å². The molecule has 2 heteroatoms. The van der Waals surface area contributed by atoms with Crippen molar-refractivity contribution in [3.63, 3.8) is 0 Å². The zero-order chi connectivity index (χ0) is 16.5. The number of benzene rings is 2. The maximum absolute atomic E-state index is 5.93. The van der Waals surface area contributed by atoms with Crippen molar-refractivity contribution in [2.75, 3.05) is 11.5 Å². The van der Waals surface area contributed by atoms with Crippen molar-refractivity contribution in [1.82, 2.24) is 0 Å². The molecule has 22 heavy (non-hydrogen) atoms. The molecule has 2 rings (SSSR count). The summed E-state index contributed by atoms with van der Waals surface area (Å²) in [5.74, 6) is 0. The van der Waals surface area contributed by atoms with Crippen LogP contribution in [0.25, 0.3) is 5.57 Å². The van der Waals surface area contributed by atoms with E-state index in [0.717, 1.165) is 22.5 Å². The van der Waals surface area contributed by atoms with E-state index in [2.05, 4.69) is 58.0 Å². The molecule has 0 saturated heterocycles. The molecular formula is C20H26N2. The van der Waals surface area contributed by atoms with Crippen molar-refractivity contribution in [3.05, 3.63) is 64.7 Å². The van der Waals surface area contributed by atoms with Crippen molar-refractivity contribution in [1.29, 1.82) is 0 Å². The number of aryl methyl sites for hydroxylation is 2. The van der Waals surface area contributed by atoms with Gasteiger partial charge < -0.3 is 11.5 Å². The first-order valence-electron chi connectivity index (χ1n) is 7.63. The van der Waals surface area contributed by atoms with E-state index in [-0.39, 0.29) is 5.41 Å². The van der Waals surface area contributed by atoms with Crippen molar-refractivity contribution in [3.8, 4) is 0 Å². The lowest BCUT2D eigenvalue weighted by Gasteiger charge is -2.23. The van der Waals surface area contributed by atoms with Gasteiger partial charge in [-0.15, -0.1) is 0 Å². The van der Waals surface area contributed by atoms with Crippen molar-refractivity contribution >= 4 is 16.9 Å². The molecule has 2 aromatic rings. The Kier molecular flexibility index (Phi) is 4.32. The summed E-state index contributed by atoms with van der Waals surface area (Å²) in [6.07, 6.45) is 2.31. The highest BCUT2D eigenvalue weighted by Crippen LogP contribution is 2.31. The Balaban J connectivity index is 2.39. The molecule has 0 aliphatic rings. The van der Waals surface area contributed by atoms with E-state index in [0.29, 0.717) is 0 Å². The van der Waals surface area contributed by atoms with Gasteiger partial charge >= 0.3 is 0 Å². The fourth-order valence-corrected chi connectivity index (χ4v) is 2.71. The number of nitrogens with two attached hydrogens (primary N) is 2. The van der Waals surface area contributed by atoms with Crippen LogP contribution in [0.4, 0.5) is 11.4 Å². The molecule has 0 aliphatic heterocycles. The van der Waals surface area contributed by atoms with Crippen LogP contribution in [0.5, 0.6) is 0 Å². The minimum atomic E-state index is -0.0577. The second kappa shape index (κ2) is 5.88. The van der Waals surface area contributed by atoms with Gasteiger partial charge in [0.2, 0.25) is 0 Å². The molecule has 0 bridgehead atoms. The molecule has 0 spiro atoms. The summed E-state index contributed by atoms with van der Waals surface area (Å²) >= 11 is 0. The molecule has 0 radical (unpaired) electrons. The molecule has 0 atom stereocenters. The second-order valence-corrected chi connectivity index (χ2v) is 6.69. The molecule has 0 amide bonds. The van der Waals surface area contributed by atoms with Gasteiger partial charge in [0.25, 0.3) is 0 Å². The van der Waals surface area contributed by atoms with Crippen LogP contribution in [0.3, 0.4) is 0 Å². The standard InChI is InChI=1S/C20H26N2/c1-13-10-16(6-8-18(13)21)15(3)12-20(4,5)17-7-9-19(22)14(2)11-17/h6-12H,21-22H2,1-5H3. The minimum absolute atomic E-state index is 0.0577. The highest BCUT2D eigenvalue weighted by molar-refractivity contribution is 5.68. The van der Waals surface area contributed by atoms with E-state index < -0.39 is 0 Å². The summed E-state index contributed by atoms with van der Waals surface area (Å²) in [4.78, 5) is 0. The zero-order valence-corrected chi connectivity index (χ0v) is 14.2. The quantitative estimate of drug-likeness (QED) is 0.795. The first-order chi connectivity index (χ1) is 10.2. The van der Waals surface area contributed by atoms with Crippen LogP contribution in [-0.4, -0.2) is 0 Å². The van der Waals surface area contributed by atoms with E-state index in [1.54, 1.807) is 0 Å². The molecule has 4 N–H and O–H groups in total. The van der Waals surface area contributed by atoms with E-state index >= 15 is 0 Å². The summed E-state index contributed by atoms with van der Waals surface area (Å²) in [6.45, 7) is 10.7. The maximum Gasteiger partial charge on any atom is 0.0344 e. The third-order valence-corrected chi connectivity index (χ3v) is 4.32. The lowest BCUT2D eigenvalue weighted by molar-refractivity contribution is 0.670. The number of rotatable bonds is 3. The number of anilines is 2. The Bertz CT molecular complexity index is 724. The van der Waals surface area contributed by atoms with Gasteiger partial charge in [-0.05, 0) is 66.8 Å². The van der Waals surface area contributed by atoms with Gasteiger partial charge in [0.05, 0.1) is 0 Å². The normalized spacial score (nSPS) is 12.5. The smallest absolute Gasteiger partial charge is 0.0344 e. The fraction of sp³-hybridized carbons (Fsp3) is 0.300. The summed E-state index contributed by atoms with van der Waals surface area (Å²) in [5.41, 5.74) is 19.4. The molecule has 0 aliphatic carbocycles. The maximum atomic E-state index is 5.93. The summed E-state index contributed by atoms with van der Waals surface area (Å²) in [7, 11) is 0. The second-order valence-electron chi connectivity index (χ2n) is 6.69. The van der Waals surface area contributed by atoms with Crippen molar-refractivity contribution < 1.29 is 0 Å². The highest BCUT2D eigenvalue weighted by Gasteiger charge is 2.19. The average molecular weight is 294 g/mol. The van der Waals surface area contributed by atoms with Crippen LogP contribution >= 0.6 is 0 Å². The fourth-order valence-electron chi connectivity index (χ4n) is 2.71. The summed E-state index contributed by atoms with van der Waals surface area (Å²) in [6, 6.07) is 12.5. The predicted octanol–water partition coefficient (Wildman–Crippen LogP) is 4.85. The lowest BCUT2D eigenvalue weighted by atomic mass is 9.81. The van der Waals surface area contributed by atoms with E-state index in [4.69, 9.17) is 11.5 Å². The molecule has 0 unspecified atom stereocenters. The molecule has 2 aromatic carbocycles. The first kappa shape index (κ1) is 16.2. The van der Waals surface area contributed by atoms with Crippen LogP contribution in [0.15, 0.2) is 42.5 Å². The van der Waals surface area contributed by atoms with Crippen LogP contribution in [0.1, 0.15) is 43.0 Å². The third-order valence-electron chi connectivity index (χ3n) is 4.32. The van der Waals surface area contributed by atoms with E-state index in [1.165, 1.54) is 16.7 Å². The summed E-state index contributed by atoms with van der Waals surface area (Å²) < 4.78 is 0. The van der Waals surface area contributed by atoms with Crippen LogP contribution in [0.2, 0.25) is 0 Å². The van der Waals surface area contributed by atoms with Crippen LogP contribution < -0.4 is 11.5 Å². The van der Waals surface area contributed by atoms with Gasteiger partial charge in [-0.25, -0.2) is 0 Å². The molecule has 2 nitrogen and oxygen atoms in total. The van der Waals surface area contributed by atoms with E-state index in [1.807, 2.05) is 19.1 Å². The number of hydrogen-bond donors (Lipinski definition) is 2. The molecule has 0 aromatic heterocycles. The Hall–Kier alpha value is -2.22. The Morgan fingerprint density at radius 2 is 1.45 bits per heavy atom. The predicted molar refractivity (Wildman–Crippen MR) is 97.9 cm³/mol. The van der Waals surface area contributed by atoms with Crippen LogP contribution in [-0.2, 0) is 5.41 Å². The van der Waals surface area contributed by atoms with Gasteiger partial charge in [-0.2, -0.15) is 0 Å². The average Bonchev–Trinajstić information content (AvgIpc) is 2.44. The molecule has 0 fully saturated rings. The topological polar surface area (TPSA) is 52.0 Å². The third kappa shape index (κ3) is 3.33. The molecule has 116 valence electrons. The highest BCUT2D eigenvalue weighted by atomic mass is 14.6. The Morgan fingerprint density at radius 3 is 2.00 bits per heavy atom. The van der Waals surface area contributed by atoms with E-state index in [9.17, 15) is 0 Å². The van der Waals surface area contributed by atoms with Crippen molar-refractivity contribution in [2.45, 2.75) is 40.0 Å². The Labute approximate surface area is 133 Å². The van der Waals surface area contributed by atoms with Gasteiger partial charge in [0.1, 0.15) is 0 Å². The van der Waals surface area contributed by atoms with Gasteiger partial charge in [0, 0.05) is 16.8 Å². The van der Waals surface area contributed by atoms with Gasteiger partial charge in [-0.1, -0.05) is 38.1 Å². The van der Waals surface area contributed by atoms with Crippen molar-refractivity contribution in [2.24, 2.45) is 0 Å². The SMILES string of the molecule is CC(=CC(C)(C)c1ccc(N)c(C)c1)c1ccc(N)c(C)c1. The monoisotopic (exact) mass is 294 g/mol. The number of nitrogen functional groups attached to an aromatic ring is 2. The summed E-state index contributed by atoms with van der Waals surface area (Å²) in [5, 5.41) is 0. The lowest BCUT2D eigenvalue weighted by Crippen LogP contribution is -2.14. The number of hydrogen-bond acceptors (Lipinski definition) is 2. The zero-order valence-electron chi connectivity index (χ0n) is 14.2. The molecule has 0 heterocycles. The largest absolute Gasteiger partial charge is 0.399 e. The number of allylic oxidation sites excluding steroid dienone is 2.